The van der Waals surface area contributed by atoms with Gasteiger partial charge >= 0.3 is 0 Å². The number of hydrogen-bond acceptors (Lipinski definition) is 3. The molecule has 2 atom stereocenters. The van der Waals surface area contributed by atoms with Crippen LogP contribution in [0.15, 0.2) is 0 Å². The molecule has 2 saturated heterocycles. The third-order valence-electron chi connectivity index (χ3n) is 4.00. The van der Waals surface area contributed by atoms with E-state index in [0.29, 0.717) is 0 Å². The molecule has 0 aromatic carbocycles. The maximum atomic E-state index is 5.81. The van der Waals surface area contributed by atoms with E-state index >= 15 is 0 Å². The van der Waals surface area contributed by atoms with E-state index in [4.69, 9.17) is 4.74 Å². The van der Waals surface area contributed by atoms with Crippen LogP contribution in [0.1, 0.15) is 39.5 Å². The van der Waals surface area contributed by atoms with Gasteiger partial charge in [0.15, 0.2) is 0 Å². The van der Waals surface area contributed by atoms with Crippen molar-refractivity contribution in [3.05, 3.63) is 0 Å². The number of nitrogens with one attached hydrogen (secondary N) is 1. The van der Waals surface area contributed by atoms with Gasteiger partial charge in [0.25, 0.3) is 0 Å². The zero-order valence-corrected chi connectivity index (χ0v) is 11.0. The molecule has 0 saturated carbocycles. The summed E-state index contributed by atoms with van der Waals surface area (Å²) < 4.78 is 5.81. The fourth-order valence-corrected chi connectivity index (χ4v) is 3.28. The Morgan fingerprint density at radius 3 is 2.88 bits per heavy atom. The minimum absolute atomic E-state index is 0.0791. The molecule has 0 aromatic rings. The number of likely N-dealkylation sites (N-methyl/N-ethyl adjacent to an activating group) is 1. The van der Waals surface area contributed by atoms with E-state index in [9.17, 15) is 0 Å². The molecule has 2 unspecified atom stereocenters. The first kappa shape index (κ1) is 12.3. The van der Waals surface area contributed by atoms with Gasteiger partial charge in [0.2, 0.25) is 0 Å². The lowest BCUT2D eigenvalue weighted by molar-refractivity contribution is -0.0847. The van der Waals surface area contributed by atoms with Crippen LogP contribution in [0.3, 0.4) is 0 Å². The predicted octanol–water partition coefficient (Wildman–Crippen LogP) is 1.63. The van der Waals surface area contributed by atoms with Gasteiger partial charge in [0, 0.05) is 25.2 Å². The van der Waals surface area contributed by atoms with Crippen molar-refractivity contribution in [1.29, 1.82) is 0 Å². The molecule has 0 aliphatic carbocycles. The van der Waals surface area contributed by atoms with Crippen LogP contribution in [0.4, 0.5) is 0 Å². The molecule has 2 heterocycles. The molecular formula is C13H26N2O. The van der Waals surface area contributed by atoms with Crippen molar-refractivity contribution in [3.8, 4) is 0 Å². The molecule has 94 valence electrons. The maximum absolute atomic E-state index is 5.81. The van der Waals surface area contributed by atoms with Gasteiger partial charge in [-0.25, -0.2) is 0 Å². The SMILES string of the molecule is CNCC1CCCN1C1CCOC(C)(C)C1. The van der Waals surface area contributed by atoms with Crippen molar-refractivity contribution in [1.82, 2.24) is 10.2 Å². The molecule has 1 N–H and O–H groups in total. The molecule has 0 aromatic heterocycles. The van der Waals surface area contributed by atoms with Crippen LogP contribution >= 0.6 is 0 Å². The summed E-state index contributed by atoms with van der Waals surface area (Å²) in [5.74, 6) is 0. The Balaban J connectivity index is 1.95. The Morgan fingerprint density at radius 2 is 2.19 bits per heavy atom. The Morgan fingerprint density at radius 1 is 1.38 bits per heavy atom. The summed E-state index contributed by atoms with van der Waals surface area (Å²) in [7, 11) is 2.06. The van der Waals surface area contributed by atoms with Crippen molar-refractivity contribution in [2.45, 2.75) is 57.2 Å². The summed E-state index contributed by atoms with van der Waals surface area (Å²) in [6.45, 7) is 7.80. The van der Waals surface area contributed by atoms with E-state index < -0.39 is 0 Å². The molecule has 0 bridgehead atoms. The Kier molecular flexibility index (Phi) is 3.88. The molecule has 2 aliphatic rings. The highest BCUT2D eigenvalue weighted by Gasteiger charge is 2.36. The first-order valence-corrected chi connectivity index (χ1v) is 6.67. The number of rotatable bonds is 3. The third-order valence-corrected chi connectivity index (χ3v) is 4.00. The standard InChI is InChI=1S/C13H26N2O/c1-13(2)9-11(6-8-16-13)15-7-4-5-12(15)10-14-3/h11-12,14H,4-10H2,1-3H3. The fourth-order valence-electron chi connectivity index (χ4n) is 3.28. The minimum Gasteiger partial charge on any atom is -0.375 e. The molecule has 0 amide bonds. The van der Waals surface area contributed by atoms with Crippen LogP contribution in [0.2, 0.25) is 0 Å². The van der Waals surface area contributed by atoms with Crippen LogP contribution < -0.4 is 5.32 Å². The lowest BCUT2D eigenvalue weighted by atomic mass is 9.92. The number of hydrogen-bond donors (Lipinski definition) is 1. The van der Waals surface area contributed by atoms with E-state index in [2.05, 4.69) is 31.1 Å². The molecule has 2 aliphatic heterocycles. The van der Waals surface area contributed by atoms with E-state index in [1.54, 1.807) is 0 Å². The van der Waals surface area contributed by atoms with Crippen molar-refractivity contribution in [2.75, 3.05) is 26.7 Å². The number of ether oxygens (including phenoxy) is 1. The highest BCUT2D eigenvalue weighted by atomic mass is 16.5. The van der Waals surface area contributed by atoms with Gasteiger partial charge in [-0.05, 0) is 53.1 Å². The summed E-state index contributed by atoms with van der Waals surface area (Å²) in [6.07, 6.45) is 5.12. The molecule has 2 rings (SSSR count). The summed E-state index contributed by atoms with van der Waals surface area (Å²) in [5.41, 5.74) is 0.0791. The van der Waals surface area contributed by atoms with Gasteiger partial charge in [-0.15, -0.1) is 0 Å². The first-order valence-electron chi connectivity index (χ1n) is 6.67. The van der Waals surface area contributed by atoms with Crippen LogP contribution in [-0.2, 0) is 4.74 Å². The maximum Gasteiger partial charge on any atom is 0.0641 e. The van der Waals surface area contributed by atoms with Gasteiger partial charge in [-0.3, -0.25) is 4.90 Å². The van der Waals surface area contributed by atoms with E-state index in [1.807, 2.05) is 0 Å². The average molecular weight is 226 g/mol. The zero-order chi connectivity index (χ0) is 11.6. The van der Waals surface area contributed by atoms with Crippen LogP contribution in [0, 0.1) is 0 Å². The molecule has 3 nitrogen and oxygen atoms in total. The topological polar surface area (TPSA) is 24.5 Å². The number of nitrogens with zero attached hydrogens (tertiary/aromatic N) is 1. The Hall–Kier alpha value is -0.120. The molecule has 3 heteroatoms. The lowest BCUT2D eigenvalue weighted by Crippen LogP contribution is -2.49. The Labute approximate surface area is 99.5 Å². The highest BCUT2D eigenvalue weighted by Crippen LogP contribution is 2.31. The quantitative estimate of drug-likeness (QED) is 0.791. The molecule has 16 heavy (non-hydrogen) atoms. The molecular weight excluding hydrogens is 200 g/mol. The normalized spacial score (nSPS) is 35.4. The van der Waals surface area contributed by atoms with Crippen molar-refractivity contribution in [3.63, 3.8) is 0 Å². The largest absolute Gasteiger partial charge is 0.375 e. The Bertz CT molecular complexity index is 230. The number of likely N-dealkylation sites (tertiary alicyclic amines) is 1. The summed E-state index contributed by atoms with van der Waals surface area (Å²) in [6, 6.07) is 1.49. The van der Waals surface area contributed by atoms with Crippen molar-refractivity contribution in [2.24, 2.45) is 0 Å². The molecule has 0 radical (unpaired) electrons. The zero-order valence-electron chi connectivity index (χ0n) is 11.0. The van der Waals surface area contributed by atoms with Gasteiger partial charge in [-0.2, -0.15) is 0 Å². The summed E-state index contributed by atoms with van der Waals surface area (Å²) >= 11 is 0. The highest BCUT2D eigenvalue weighted by molar-refractivity contribution is 4.91. The fraction of sp³-hybridized carbons (Fsp3) is 1.00. The van der Waals surface area contributed by atoms with Gasteiger partial charge in [0.1, 0.15) is 0 Å². The minimum atomic E-state index is 0.0791. The summed E-state index contributed by atoms with van der Waals surface area (Å²) in [5, 5.41) is 3.33. The second-order valence-corrected chi connectivity index (χ2v) is 5.85. The second kappa shape index (κ2) is 5.03. The lowest BCUT2D eigenvalue weighted by Gasteiger charge is -2.42. The van der Waals surface area contributed by atoms with Crippen molar-refractivity contribution >= 4 is 0 Å². The second-order valence-electron chi connectivity index (χ2n) is 5.85. The van der Waals surface area contributed by atoms with Crippen LogP contribution in [0.5, 0.6) is 0 Å². The van der Waals surface area contributed by atoms with Gasteiger partial charge in [-0.1, -0.05) is 0 Å². The molecule has 2 fully saturated rings. The predicted molar refractivity (Wildman–Crippen MR) is 66.7 cm³/mol. The van der Waals surface area contributed by atoms with Gasteiger partial charge < -0.3 is 10.1 Å². The van der Waals surface area contributed by atoms with Crippen molar-refractivity contribution < 1.29 is 4.74 Å². The average Bonchev–Trinajstić information content (AvgIpc) is 2.65. The van der Waals surface area contributed by atoms with E-state index in [0.717, 1.165) is 25.2 Å². The summed E-state index contributed by atoms with van der Waals surface area (Å²) in [4.78, 5) is 2.72. The van der Waals surface area contributed by atoms with Gasteiger partial charge in [0.05, 0.1) is 5.60 Å². The molecule has 0 spiro atoms. The van der Waals surface area contributed by atoms with E-state index in [1.165, 1.54) is 32.2 Å². The monoisotopic (exact) mass is 226 g/mol. The third kappa shape index (κ3) is 2.76. The van der Waals surface area contributed by atoms with Crippen LogP contribution in [0.25, 0.3) is 0 Å². The smallest absolute Gasteiger partial charge is 0.0641 e. The van der Waals surface area contributed by atoms with E-state index in [-0.39, 0.29) is 5.60 Å². The first-order chi connectivity index (χ1) is 7.62. The van der Waals surface area contributed by atoms with Crippen LogP contribution in [-0.4, -0.2) is 49.3 Å².